The lowest BCUT2D eigenvalue weighted by molar-refractivity contribution is -0.141. The molecule has 0 aromatic heterocycles. The fraction of sp³-hybridized carbons (Fsp3) is 0.833. The van der Waals surface area contributed by atoms with E-state index in [1.165, 1.54) is 0 Å². The molecule has 3 N–H and O–H groups in total. The fourth-order valence-electron chi connectivity index (χ4n) is 1.89. The van der Waals surface area contributed by atoms with Crippen molar-refractivity contribution < 1.29 is 19.4 Å². The Hall–Kier alpha value is -1.30. The Balaban J connectivity index is 2.34. The molecule has 0 saturated carbocycles. The van der Waals surface area contributed by atoms with Gasteiger partial charge in [-0.1, -0.05) is 6.92 Å². The third kappa shape index (κ3) is 4.52. The summed E-state index contributed by atoms with van der Waals surface area (Å²) in [5, 5.41) is 14.4. The summed E-state index contributed by atoms with van der Waals surface area (Å²) in [4.78, 5) is 22.5. The number of amides is 2. The highest BCUT2D eigenvalue weighted by atomic mass is 16.5. The third-order valence-corrected chi connectivity index (χ3v) is 3.36. The summed E-state index contributed by atoms with van der Waals surface area (Å²) >= 11 is 0. The zero-order chi connectivity index (χ0) is 13.6. The predicted octanol–water partition coefficient (Wildman–Crippen LogP) is 0.965. The number of hydrogen-bond donors (Lipinski definition) is 3. The monoisotopic (exact) mass is 258 g/mol. The Morgan fingerprint density at radius 1 is 1.39 bits per heavy atom. The first-order chi connectivity index (χ1) is 8.47. The lowest BCUT2D eigenvalue weighted by Gasteiger charge is -2.34. The average Bonchev–Trinajstić information content (AvgIpc) is 2.29. The maximum atomic E-state index is 11.7. The van der Waals surface area contributed by atoms with Gasteiger partial charge in [0.15, 0.2) is 0 Å². The summed E-state index contributed by atoms with van der Waals surface area (Å²) in [6, 6.07) is -0.306. The molecule has 104 valence electrons. The predicted molar refractivity (Wildman–Crippen MR) is 66.4 cm³/mol. The molecule has 2 amide bonds. The van der Waals surface area contributed by atoms with Gasteiger partial charge in [-0.15, -0.1) is 0 Å². The van der Waals surface area contributed by atoms with E-state index in [2.05, 4.69) is 10.6 Å². The van der Waals surface area contributed by atoms with Crippen LogP contribution in [0.5, 0.6) is 0 Å². The van der Waals surface area contributed by atoms with Gasteiger partial charge in [-0.05, 0) is 26.2 Å². The van der Waals surface area contributed by atoms with Crippen LogP contribution in [0.4, 0.5) is 4.79 Å². The van der Waals surface area contributed by atoms with Crippen LogP contribution in [0.25, 0.3) is 0 Å². The summed E-state index contributed by atoms with van der Waals surface area (Å²) in [5.74, 6) is -1.41. The van der Waals surface area contributed by atoms with Crippen molar-refractivity contribution >= 4 is 12.0 Å². The molecule has 0 radical (unpaired) electrons. The summed E-state index contributed by atoms with van der Waals surface area (Å²) < 4.78 is 5.24. The van der Waals surface area contributed by atoms with Crippen molar-refractivity contribution in [3.8, 4) is 0 Å². The van der Waals surface area contributed by atoms with Crippen molar-refractivity contribution in [2.75, 3.05) is 19.8 Å². The lowest BCUT2D eigenvalue weighted by Crippen LogP contribution is -2.53. The second-order valence-corrected chi connectivity index (χ2v) is 4.95. The Labute approximate surface area is 107 Å². The molecule has 0 spiro atoms. The number of hydrogen-bond acceptors (Lipinski definition) is 3. The molecule has 6 heteroatoms. The molecule has 0 aromatic rings. The van der Waals surface area contributed by atoms with Crippen molar-refractivity contribution in [2.45, 2.75) is 38.6 Å². The second kappa shape index (κ2) is 6.58. The zero-order valence-electron chi connectivity index (χ0n) is 11.0. The van der Waals surface area contributed by atoms with Crippen molar-refractivity contribution in [3.05, 3.63) is 0 Å². The Morgan fingerprint density at radius 2 is 2.00 bits per heavy atom. The number of rotatable bonds is 5. The van der Waals surface area contributed by atoms with Crippen LogP contribution < -0.4 is 10.6 Å². The number of carbonyl (C=O) groups excluding carboxylic acids is 1. The van der Waals surface area contributed by atoms with Crippen molar-refractivity contribution in [2.24, 2.45) is 5.92 Å². The summed E-state index contributed by atoms with van der Waals surface area (Å²) in [6.45, 7) is 5.21. The number of nitrogens with one attached hydrogen (secondary N) is 2. The number of carboxylic acids is 1. The highest BCUT2D eigenvalue weighted by Gasteiger charge is 2.29. The number of carbonyl (C=O) groups is 2. The van der Waals surface area contributed by atoms with E-state index in [0.717, 1.165) is 12.8 Å². The Kier molecular flexibility index (Phi) is 5.40. The summed E-state index contributed by atoms with van der Waals surface area (Å²) in [7, 11) is 0. The van der Waals surface area contributed by atoms with Crippen LogP contribution in [0.15, 0.2) is 0 Å². The summed E-state index contributed by atoms with van der Waals surface area (Å²) in [6.07, 6.45) is 2.05. The minimum absolute atomic E-state index is 0.157. The Morgan fingerprint density at radius 3 is 2.50 bits per heavy atom. The number of carboxylic acid groups (broad SMARTS) is 1. The first kappa shape index (κ1) is 14.8. The van der Waals surface area contributed by atoms with Crippen LogP contribution in [0.1, 0.15) is 33.1 Å². The van der Waals surface area contributed by atoms with E-state index in [1.54, 1.807) is 6.92 Å². The van der Waals surface area contributed by atoms with E-state index in [-0.39, 0.29) is 18.1 Å². The molecule has 1 saturated heterocycles. The maximum absolute atomic E-state index is 11.7. The van der Waals surface area contributed by atoms with E-state index in [4.69, 9.17) is 9.84 Å². The molecule has 1 rings (SSSR count). The topological polar surface area (TPSA) is 87.7 Å². The van der Waals surface area contributed by atoms with E-state index in [1.807, 2.05) is 6.92 Å². The van der Waals surface area contributed by atoms with E-state index >= 15 is 0 Å². The smallest absolute Gasteiger partial charge is 0.315 e. The summed E-state index contributed by atoms with van der Waals surface area (Å²) in [5.41, 5.74) is -0.257. The van der Waals surface area contributed by atoms with Gasteiger partial charge in [-0.2, -0.15) is 0 Å². The van der Waals surface area contributed by atoms with Crippen LogP contribution in [0.3, 0.4) is 0 Å². The van der Waals surface area contributed by atoms with Crippen molar-refractivity contribution in [1.29, 1.82) is 0 Å². The fourth-order valence-corrected chi connectivity index (χ4v) is 1.89. The molecule has 18 heavy (non-hydrogen) atoms. The van der Waals surface area contributed by atoms with Gasteiger partial charge in [0.1, 0.15) is 0 Å². The van der Waals surface area contributed by atoms with Gasteiger partial charge >= 0.3 is 12.0 Å². The lowest BCUT2D eigenvalue weighted by atomic mass is 9.93. The second-order valence-electron chi connectivity index (χ2n) is 4.95. The third-order valence-electron chi connectivity index (χ3n) is 3.36. The molecule has 0 bridgehead atoms. The standard InChI is InChI=1S/C12H22N2O4/c1-3-9(10(15)16)8-13-11(17)14-12(2)4-6-18-7-5-12/h9H,3-8H2,1-2H3,(H,15,16)(H2,13,14,17). The van der Waals surface area contributed by atoms with Crippen LogP contribution in [0, 0.1) is 5.92 Å². The molecule has 1 unspecified atom stereocenters. The van der Waals surface area contributed by atoms with Crippen LogP contribution in [-0.2, 0) is 9.53 Å². The van der Waals surface area contributed by atoms with Crippen molar-refractivity contribution in [3.63, 3.8) is 0 Å². The first-order valence-electron chi connectivity index (χ1n) is 6.33. The van der Waals surface area contributed by atoms with Crippen molar-refractivity contribution in [1.82, 2.24) is 10.6 Å². The normalized spacial score (nSPS) is 19.9. The largest absolute Gasteiger partial charge is 0.481 e. The van der Waals surface area contributed by atoms with E-state index < -0.39 is 11.9 Å². The molecular formula is C12H22N2O4. The Bertz CT molecular complexity index is 300. The molecule has 0 aromatic carbocycles. The minimum Gasteiger partial charge on any atom is -0.481 e. The van der Waals surface area contributed by atoms with Gasteiger partial charge in [0.2, 0.25) is 0 Å². The molecule has 0 aliphatic carbocycles. The maximum Gasteiger partial charge on any atom is 0.315 e. The molecule has 1 fully saturated rings. The molecule has 1 atom stereocenters. The molecule has 1 heterocycles. The van der Waals surface area contributed by atoms with Crippen LogP contribution in [0.2, 0.25) is 0 Å². The molecular weight excluding hydrogens is 236 g/mol. The average molecular weight is 258 g/mol. The SMILES string of the molecule is CCC(CNC(=O)NC1(C)CCOCC1)C(=O)O. The molecule has 1 aliphatic rings. The molecule has 1 aliphatic heterocycles. The quantitative estimate of drug-likeness (QED) is 0.685. The van der Waals surface area contributed by atoms with Crippen LogP contribution >= 0.6 is 0 Å². The van der Waals surface area contributed by atoms with E-state index in [0.29, 0.717) is 19.6 Å². The number of aliphatic carboxylic acids is 1. The zero-order valence-corrected chi connectivity index (χ0v) is 11.0. The van der Waals surface area contributed by atoms with Gasteiger partial charge in [-0.3, -0.25) is 4.79 Å². The van der Waals surface area contributed by atoms with Gasteiger partial charge in [-0.25, -0.2) is 4.79 Å². The highest BCUT2D eigenvalue weighted by Crippen LogP contribution is 2.19. The van der Waals surface area contributed by atoms with Crippen LogP contribution in [-0.4, -0.2) is 42.4 Å². The molecule has 6 nitrogen and oxygen atoms in total. The van der Waals surface area contributed by atoms with E-state index in [9.17, 15) is 9.59 Å². The van der Waals surface area contributed by atoms with Gasteiger partial charge in [0, 0.05) is 25.3 Å². The van der Waals surface area contributed by atoms with Gasteiger partial charge < -0.3 is 20.5 Å². The number of ether oxygens (including phenoxy) is 1. The number of urea groups is 1. The van der Waals surface area contributed by atoms with Gasteiger partial charge in [0.25, 0.3) is 0 Å². The highest BCUT2D eigenvalue weighted by molar-refractivity contribution is 5.76. The minimum atomic E-state index is -0.880. The van der Waals surface area contributed by atoms with Gasteiger partial charge in [0.05, 0.1) is 5.92 Å². The first-order valence-corrected chi connectivity index (χ1v) is 6.33.